The van der Waals surface area contributed by atoms with Crippen LogP contribution in [0.4, 0.5) is 0 Å². The van der Waals surface area contributed by atoms with Crippen LogP contribution in [-0.4, -0.2) is 35.9 Å². The summed E-state index contributed by atoms with van der Waals surface area (Å²) in [4.78, 5) is 23.1. The van der Waals surface area contributed by atoms with Crippen molar-refractivity contribution in [3.05, 3.63) is 47.1 Å². The molecular weight excluding hydrogens is 368 g/mol. The Morgan fingerprint density at radius 1 is 1.10 bits per heavy atom. The third-order valence-electron chi connectivity index (χ3n) is 5.21. The number of hydrogen-bond donors (Lipinski definition) is 1. The maximum Gasteiger partial charge on any atom is 0.303 e. The van der Waals surface area contributed by atoms with Crippen LogP contribution in [-0.2, 0) is 19.1 Å². The summed E-state index contributed by atoms with van der Waals surface area (Å²) in [6, 6.07) is 0. The lowest BCUT2D eigenvalue weighted by atomic mass is 9.87. The van der Waals surface area contributed by atoms with Crippen LogP contribution in [0.1, 0.15) is 66.7 Å². The van der Waals surface area contributed by atoms with Gasteiger partial charge < -0.3 is 14.6 Å². The molecule has 5 nitrogen and oxygen atoms in total. The second-order valence-electron chi connectivity index (χ2n) is 7.96. The molecule has 1 aliphatic carbocycles. The molecule has 1 aliphatic rings. The van der Waals surface area contributed by atoms with E-state index in [9.17, 15) is 14.7 Å². The smallest absolute Gasteiger partial charge is 0.303 e. The van der Waals surface area contributed by atoms with E-state index in [-0.39, 0.29) is 24.5 Å². The van der Waals surface area contributed by atoms with Crippen molar-refractivity contribution in [2.45, 2.75) is 78.9 Å². The van der Waals surface area contributed by atoms with E-state index in [0.717, 1.165) is 36.0 Å². The molecule has 0 aromatic rings. The van der Waals surface area contributed by atoms with Crippen molar-refractivity contribution in [1.82, 2.24) is 0 Å². The van der Waals surface area contributed by atoms with Gasteiger partial charge in [0.05, 0.1) is 6.10 Å². The van der Waals surface area contributed by atoms with Crippen LogP contribution >= 0.6 is 0 Å². The maximum absolute atomic E-state index is 11.8. The van der Waals surface area contributed by atoms with Crippen molar-refractivity contribution < 1.29 is 24.2 Å². The molecule has 29 heavy (non-hydrogen) atoms. The normalized spacial score (nSPS) is 24.3. The number of carbonyl (C=O) groups is 2. The largest absolute Gasteiger partial charge is 0.461 e. The van der Waals surface area contributed by atoms with E-state index < -0.39 is 12.2 Å². The molecule has 1 N–H and O–H groups in total. The van der Waals surface area contributed by atoms with Gasteiger partial charge in [0.25, 0.3) is 0 Å². The summed E-state index contributed by atoms with van der Waals surface area (Å²) in [6.45, 7) is 12.9. The lowest BCUT2D eigenvalue weighted by Crippen LogP contribution is -2.26. The first kappa shape index (κ1) is 24.9. The second kappa shape index (κ2) is 12.4. The van der Waals surface area contributed by atoms with Gasteiger partial charge in [-0.15, -0.1) is 0 Å². The number of ether oxygens (including phenoxy) is 2. The van der Waals surface area contributed by atoms with Gasteiger partial charge in [0.1, 0.15) is 12.7 Å². The molecule has 3 unspecified atom stereocenters. The quantitative estimate of drug-likeness (QED) is 0.537. The molecule has 0 bridgehead atoms. The third kappa shape index (κ3) is 9.75. The number of hydrogen-bond acceptors (Lipinski definition) is 5. The average Bonchev–Trinajstić information content (AvgIpc) is 2.61. The van der Waals surface area contributed by atoms with Gasteiger partial charge >= 0.3 is 11.9 Å². The first-order chi connectivity index (χ1) is 13.6. The highest BCUT2D eigenvalue weighted by Crippen LogP contribution is 2.28. The Morgan fingerprint density at radius 3 is 2.38 bits per heavy atom. The number of aliphatic hydroxyl groups excluding tert-OH is 1. The Morgan fingerprint density at radius 2 is 1.79 bits per heavy atom. The molecule has 0 radical (unpaired) electrons. The van der Waals surface area contributed by atoms with Gasteiger partial charge in [-0.3, -0.25) is 9.59 Å². The number of carbonyl (C=O) groups excluding carboxylic acids is 2. The highest BCUT2D eigenvalue weighted by molar-refractivity contribution is 5.66. The molecule has 0 saturated carbocycles. The van der Waals surface area contributed by atoms with Crippen molar-refractivity contribution in [2.24, 2.45) is 5.92 Å². The molecule has 0 heterocycles. The van der Waals surface area contributed by atoms with Crippen LogP contribution < -0.4 is 0 Å². The van der Waals surface area contributed by atoms with Gasteiger partial charge in [-0.25, -0.2) is 0 Å². The molecule has 0 aromatic heterocycles. The fraction of sp³-hybridized carbons (Fsp3) is 0.583. The first-order valence-corrected chi connectivity index (χ1v) is 10.3. The van der Waals surface area contributed by atoms with Crippen molar-refractivity contribution >= 4 is 11.9 Å². The Hall–Kier alpha value is -2.14. The second-order valence-corrected chi connectivity index (χ2v) is 7.96. The minimum atomic E-state index is -0.573. The molecule has 162 valence electrons. The standard InChI is InChI=1S/C24H36O5/c1-16(2)22-12-10-17(3)8-7-9-18(4)23(27)13-11-21(15-28-19(5)25)14-24(22)29-20(6)26/h8-9,14,22-24,27H,1,7,10-13,15H2,2-6H3. The van der Waals surface area contributed by atoms with E-state index in [1.54, 1.807) is 0 Å². The fourth-order valence-electron chi connectivity index (χ4n) is 3.36. The van der Waals surface area contributed by atoms with E-state index in [1.807, 2.05) is 26.0 Å². The predicted octanol–water partition coefficient (Wildman–Crippen LogP) is 4.82. The summed E-state index contributed by atoms with van der Waals surface area (Å²) in [5, 5.41) is 10.5. The van der Waals surface area contributed by atoms with Crippen LogP contribution in [0.3, 0.4) is 0 Å². The highest BCUT2D eigenvalue weighted by Gasteiger charge is 2.24. The monoisotopic (exact) mass is 404 g/mol. The lowest BCUT2D eigenvalue weighted by molar-refractivity contribution is -0.146. The molecule has 5 heteroatoms. The van der Waals surface area contributed by atoms with Crippen molar-refractivity contribution in [2.75, 3.05) is 6.61 Å². The van der Waals surface area contributed by atoms with Crippen molar-refractivity contribution in [1.29, 1.82) is 0 Å². The van der Waals surface area contributed by atoms with Crippen molar-refractivity contribution in [3.63, 3.8) is 0 Å². The van der Waals surface area contributed by atoms with Gasteiger partial charge in [-0.05, 0) is 70.1 Å². The molecule has 0 saturated heterocycles. The summed E-state index contributed by atoms with van der Waals surface area (Å²) in [5.41, 5.74) is 3.94. The van der Waals surface area contributed by atoms with E-state index in [0.29, 0.717) is 12.8 Å². The Bertz CT molecular complexity index is 683. The van der Waals surface area contributed by atoms with Gasteiger partial charge in [0.15, 0.2) is 0 Å². The number of rotatable bonds is 4. The molecule has 1 rings (SSSR count). The third-order valence-corrected chi connectivity index (χ3v) is 5.21. The summed E-state index contributed by atoms with van der Waals surface area (Å²) in [5.74, 6) is -0.778. The first-order valence-electron chi connectivity index (χ1n) is 10.3. The Balaban J connectivity index is 3.30. The number of aliphatic hydroxyl groups is 1. The van der Waals surface area contributed by atoms with E-state index in [2.05, 4.69) is 19.6 Å². The summed E-state index contributed by atoms with van der Waals surface area (Å²) >= 11 is 0. The molecule has 3 atom stereocenters. The van der Waals surface area contributed by atoms with Gasteiger partial charge in [0.2, 0.25) is 0 Å². The zero-order valence-electron chi connectivity index (χ0n) is 18.5. The summed E-state index contributed by atoms with van der Waals surface area (Å²) in [6.07, 6.45) is 8.51. The van der Waals surface area contributed by atoms with E-state index in [4.69, 9.17) is 9.47 Å². The zero-order chi connectivity index (χ0) is 22.0. The van der Waals surface area contributed by atoms with Crippen LogP contribution in [0.15, 0.2) is 47.1 Å². The SMILES string of the molecule is C=C(C)C1CCC(C)=CCC=C(C)C(O)CCC(COC(C)=O)=CC1OC(C)=O. The fourth-order valence-corrected chi connectivity index (χ4v) is 3.36. The van der Waals surface area contributed by atoms with Crippen LogP contribution in [0.2, 0.25) is 0 Å². The maximum atomic E-state index is 11.8. The minimum absolute atomic E-state index is 0.0419. The number of allylic oxidation sites excluding steroid dienone is 3. The van der Waals surface area contributed by atoms with Crippen molar-refractivity contribution in [3.8, 4) is 0 Å². The lowest BCUT2D eigenvalue weighted by Gasteiger charge is -2.26. The average molecular weight is 405 g/mol. The van der Waals surface area contributed by atoms with Gasteiger partial charge in [-0.1, -0.05) is 29.9 Å². The topological polar surface area (TPSA) is 72.8 Å². The van der Waals surface area contributed by atoms with Gasteiger partial charge in [0, 0.05) is 19.8 Å². The summed E-state index contributed by atoms with van der Waals surface area (Å²) in [7, 11) is 0. The minimum Gasteiger partial charge on any atom is -0.461 e. The molecule has 0 spiro atoms. The Labute approximate surface area is 175 Å². The summed E-state index contributed by atoms with van der Waals surface area (Å²) < 4.78 is 10.8. The zero-order valence-corrected chi connectivity index (χ0v) is 18.5. The van der Waals surface area contributed by atoms with Crippen LogP contribution in [0, 0.1) is 5.92 Å². The Kier molecular flexibility index (Phi) is 10.7. The molecule has 0 fully saturated rings. The molecule has 0 amide bonds. The number of esters is 2. The van der Waals surface area contributed by atoms with Gasteiger partial charge in [-0.2, -0.15) is 0 Å². The molecule has 0 aromatic carbocycles. The molecular formula is C24H36O5. The molecule has 0 aliphatic heterocycles. The van der Waals surface area contributed by atoms with Crippen LogP contribution in [0.5, 0.6) is 0 Å². The van der Waals surface area contributed by atoms with E-state index >= 15 is 0 Å². The van der Waals surface area contributed by atoms with Crippen LogP contribution in [0.25, 0.3) is 0 Å². The highest BCUT2D eigenvalue weighted by atomic mass is 16.5. The van der Waals surface area contributed by atoms with E-state index in [1.165, 1.54) is 19.4 Å². The predicted molar refractivity (Wildman–Crippen MR) is 115 cm³/mol.